The highest BCUT2D eigenvalue weighted by Gasteiger charge is 2.10. The first kappa shape index (κ1) is 13.8. The van der Waals surface area contributed by atoms with E-state index in [4.69, 9.17) is 15.6 Å². The number of benzene rings is 2. The van der Waals surface area contributed by atoms with Crippen LogP contribution >= 0.6 is 0 Å². The third kappa shape index (κ3) is 2.52. The minimum atomic E-state index is -0.143. The number of phenols is 1. The van der Waals surface area contributed by atoms with Gasteiger partial charge in [0.1, 0.15) is 30.0 Å². The van der Waals surface area contributed by atoms with E-state index in [2.05, 4.69) is 5.92 Å². The lowest BCUT2D eigenvalue weighted by atomic mass is 10.1. The molecule has 4 heteroatoms. The van der Waals surface area contributed by atoms with E-state index in [-0.39, 0.29) is 17.8 Å². The Morgan fingerprint density at radius 3 is 2.68 bits per heavy atom. The summed E-state index contributed by atoms with van der Waals surface area (Å²) in [5, 5.41) is 9.77. The maximum Gasteiger partial charge on any atom is 0.200 e. The van der Waals surface area contributed by atoms with Gasteiger partial charge in [0.05, 0.1) is 10.9 Å². The molecular weight excluding hydrogens is 280 g/mol. The van der Waals surface area contributed by atoms with E-state index in [1.165, 1.54) is 18.4 Å². The molecule has 0 radical (unpaired) electrons. The molecule has 0 saturated heterocycles. The Bertz CT molecular complexity index is 914. The molecule has 0 fully saturated rings. The number of aromatic hydroxyl groups is 1. The molecule has 2 aromatic carbocycles. The van der Waals surface area contributed by atoms with E-state index in [0.717, 1.165) is 0 Å². The third-order valence-electron chi connectivity index (χ3n) is 3.25. The first-order valence-electron chi connectivity index (χ1n) is 6.60. The van der Waals surface area contributed by atoms with Crippen LogP contribution in [0.4, 0.5) is 0 Å². The molecule has 0 unspecified atom stereocenters. The smallest absolute Gasteiger partial charge is 0.200 e. The van der Waals surface area contributed by atoms with E-state index >= 15 is 0 Å². The van der Waals surface area contributed by atoms with Crippen LogP contribution in [0, 0.1) is 12.3 Å². The lowest BCUT2D eigenvalue weighted by molar-refractivity contribution is 0.370. The molecule has 0 saturated carbocycles. The van der Waals surface area contributed by atoms with E-state index in [1.807, 2.05) is 0 Å². The number of fused-ring (bicyclic) bond motifs is 1. The predicted octanol–water partition coefficient (Wildman–Crippen LogP) is 3.18. The van der Waals surface area contributed by atoms with Gasteiger partial charge in [-0.05, 0) is 29.8 Å². The molecular formula is C18H12O4. The molecule has 3 rings (SSSR count). The van der Waals surface area contributed by atoms with Gasteiger partial charge in [-0.1, -0.05) is 18.1 Å². The van der Waals surface area contributed by atoms with Gasteiger partial charge in [-0.2, -0.15) is 0 Å². The summed E-state index contributed by atoms with van der Waals surface area (Å²) in [5.74, 6) is 3.07. The highest BCUT2D eigenvalue weighted by Crippen LogP contribution is 2.24. The van der Waals surface area contributed by atoms with Crippen LogP contribution in [0.2, 0.25) is 0 Å². The van der Waals surface area contributed by atoms with Gasteiger partial charge in [0.15, 0.2) is 5.43 Å². The summed E-state index contributed by atoms with van der Waals surface area (Å²) in [4.78, 5) is 12.5. The third-order valence-corrected chi connectivity index (χ3v) is 3.25. The maximum absolute atomic E-state index is 12.5. The van der Waals surface area contributed by atoms with Crippen LogP contribution in [0.15, 0.2) is 57.9 Å². The number of hydrogen-bond donors (Lipinski definition) is 1. The molecule has 0 aliphatic carbocycles. The predicted molar refractivity (Wildman–Crippen MR) is 83.9 cm³/mol. The zero-order chi connectivity index (χ0) is 15.5. The summed E-state index contributed by atoms with van der Waals surface area (Å²) in [6, 6.07) is 11.3. The van der Waals surface area contributed by atoms with Crippen molar-refractivity contribution in [1.29, 1.82) is 0 Å². The second kappa shape index (κ2) is 5.66. The Morgan fingerprint density at radius 1 is 1.18 bits per heavy atom. The van der Waals surface area contributed by atoms with Crippen molar-refractivity contribution in [3.05, 3.63) is 59.0 Å². The first-order chi connectivity index (χ1) is 10.7. The zero-order valence-corrected chi connectivity index (χ0v) is 11.6. The average Bonchev–Trinajstić information content (AvgIpc) is 2.54. The summed E-state index contributed by atoms with van der Waals surface area (Å²) in [7, 11) is 0. The van der Waals surface area contributed by atoms with Crippen LogP contribution in [-0.2, 0) is 0 Å². The number of ether oxygens (including phenoxy) is 1. The van der Waals surface area contributed by atoms with Gasteiger partial charge < -0.3 is 14.3 Å². The lowest BCUT2D eigenvalue weighted by Crippen LogP contribution is -2.05. The Morgan fingerprint density at radius 2 is 1.95 bits per heavy atom. The largest absolute Gasteiger partial charge is 0.508 e. The molecule has 22 heavy (non-hydrogen) atoms. The van der Waals surface area contributed by atoms with Crippen molar-refractivity contribution in [3.63, 3.8) is 0 Å². The molecule has 0 spiro atoms. The van der Waals surface area contributed by atoms with Crippen molar-refractivity contribution >= 4 is 11.0 Å². The Hall–Kier alpha value is -3.19. The molecule has 0 aliphatic heterocycles. The van der Waals surface area contributed by atoms with Crippen molar-refractivity contribution in [2.45, 2.75) is 0 Å². The van der Waals surface area contributed by atoms with Crippen LogP contribution in [0.25, 0.3) is 22.1 Å². The zero-order valence-electron chi connectivity index (χ0n) is 11.6. The van der Waals surface area contributed by atoms with Gasteiger partial charge in [-0.25, -0.2) is 0 Å². The van der Waals surface area contributed by atoms with E-state index < -0.39 is 0 Å². The van der Waals surface area contributed by atoms with Crippen molar-refractivity contribution in [1.82, 2.24) is 0 Å². The van der Waals surface area contributed by atoms with Gasteiger partial charge in [0, 0.05) is 6.07 Å². The molecule has 1 aromatic heterocycles. The standard InChI is InChI=1S/C18H12O4/c1-2-9-21-14-7-8-15-17(10-14)22-11-16(18(15)20)12-3-5-13(19)6-4-12/h1,3-8,10-11,19H,9H2. The van der Waals surface area contributed by atoms with Crippen LogP contribution in [0.5, 0.6) is 11.5 Å². The molecule has 0 aliphatic rings. The van der Waals surface area contributed by atoms with Gasteiger partial charge in [0.25, 0.3) is 0 Å². The molecule has 0 bridgehead atoms. The second-order valence-corrected chi connectivity index (χ2v) is 4.68. The van der Waals surface area contributed by atoms with Crippen LogP contribution in [0.3, 0.4) is 0 Å². The molecule has 0 atom stereocenters. The van der Waals surface area contributed by atoms with Crippen molar-refractivity contribution < 1.29 is 14.3 Å². The number of phenolic OH excluding ortho intramolecular Hbond substituents is 1. The summed E-state index contributed by atoms with van der Waals surface area (Å²) >= 11 is 0. The van der Waals surface area contributed by atoms with Gasteiger partial charge >= 0.3 is 0 Å². The van der Waals surface area contributed by atoms with E-state index in [9.17, 15) is 9.90 Å². The van der Waals surface area contributed by atoms with Crippen LogP contribution in [-0.4, -0.2) is 11.7 Å². The SMILES string of the molecule is C#CCOc1ccc2c(=O)c(-c3ccc(O)cc3)coc2c1. The number of hydrogen-bond acceptors (Lipinski definition) is 4. The lowest BCUT2D eigenvalue weighted by Gasteiger charge is -2.05. The van der Waals surface area contributed by atoms with Gasteiger partial charge in [-0.3, -0.25) is 4.79 Å². The van der Waals surface area contributed by atoms with E-state index in [0.29, 0.717) is 27.8 Å². The average molecular weight is 292 g/mol. The topological polar surface area (TPSA) is 59.7 Å². The summed E-state index contributed by atoms with van der Waals surface area (Å²) in [6.07, 6.45) is 6.55. The van der Waals surface area contributed by atoms with Crippen LogP contribution in [0.1, 0.15) is 0 Å². The van der Waals surface area contributed by atoms with Gasteiger partial charge in [-0.15, -0.1) is 6.42 Å². The molecule has 1 heterocycles. The van der Waals surface area contributed by atoms with Crippen molar-refractivity contribution in [2.24, 2.45) is 0 Å². The number of terminal acetylenes is 1. The molecule has 108 valence electrons. The summed E-state index contributed by atoms with van der Waals surface area (Å²) in [5.41, 5.74) is 1.41. The highest BCUT2D eigenvalue weighted by molar-refractivity contribution is 5.82. The minimum Gasteiger partial charge on any atom is -0.508 e. The molecule has 1 N–H and O–H groups in total. The summed E-state index contributed by atoms with van der Waals surface area (Å²) in [6.45, 7) is 0.154. The van der Waals surface area contributed by atoms with Crippen molar-refractivity contribution in [3.8, 4) is 35.0 Å². The first-order valence-corrected chi connectivity index (χ1v) is 6.60. The molecule has 3 aromatic rings. The summed E-state index contributed by atoms with van der Waals surface area (Å²) < 4.78 is 10.8. The minimum absolute atomic E-state index is 0.143. The molecule has 0 amide bonds. The quantitative estimate of drug-likeness (QED) is 0.753. The highest BCUT2D eigenvalue weighted by atomic mass is 16.5. The Labute approximate surface area is 126 Å². The maximum atomic E-state index is 12.5. The van der Waals surface area contributed by atoms with Crippen molar-refractivity contribution in [2.75, 3.05) is 6.61 Å². The van der Waals surface area contributed by atoms with Crippen LogP contribution < -0.4 is 10.2 Å². The number of rotatable bonds is 3. The Kier molecular flexibility index (Phi) is 3.55. The fourth-order valence-corrected chi connectivity index (χ4v) is 2.16. The normalized spacial score (nSPS) is 10.3. The van der Waals surface area contributed by atoms with Gasteiger partial charge in [0.2, 0.25) is 0 Å². The fraction of sp³-hybridized carbons (Fsp3) is 0.0556. The monoisotopic (exact) mass is 292 g/mol. The van der Waals surface area contributed by atoms with E-state index in [1.54, 1.807) is 30.3 Å². The molecule has 4 nitrogen and oxygen atoms in total. The Balaban J connectivity index is 2.08. The fourth-order valence-electron chi connectivity index (χ4n) is 2.16. The second-order valence-electron chi connectivity index (χ2n) is 4.68.